The third kappa shape index (κ3) is 3.18. The zero-order valence-electron chi connectivity index (χ0n) is 22.3. The van der Waals surface area contributed by atoms with E-state index in [9.17, 15) is 0 Å². The van der Waals surface area contributed by atoms with Gasteiger partial charge < -0.3 is 0 Å². The van der Waals surface area contributed by atoms with Crippen molar-refractivity contribution in [1.29, 1.82) is 0 Å². The molecule has 6 aromatic carbocycles. The molecule has 0 N–H and O–H groups in total. The van der Waals surface area contributed by atoms with E-state index in [0.29, 0.717) is 0 Å². The van der Waals surface area contributed by atoms with Crippen molar-refractivity contribution in [2.45, 2.75) is 19.3 Å². The van der Waals surface area contributed by atoms with Gasteiger partial charge in [0, 0.05) is 5.41 Å². The van der Waals surface area contributed by atoms with E-state index in [1.165, 1.54) is 76.8 Å². The lowest BCUT2D eigenvalue weighted by Gasteiger charge is -2.22. The van der Waals surface area contributed by atoms with Crippen LogP contribution >= 0.6 is 0 Å². The molecular formula is C39H28. The van der Waals surface area contributed by atoms with Gasteiger partial charge in [-0.05, 0) is 101 Å². The van der Waals surface area contributed by atoms with Gasteiger partial charge in [-0.2, -0.15) is 0 Å². The van der Waals surface area contributed by atoms with Gasteiger partial charge in [0.05, 0.1) is 0 Å². The Morgan fingerprint density at radius 3 is 2.08 bits per heavy atom. The van der Waals surface area contributed by atoms with Gasteiger partial charge in [0.15, 0.2) is 0 Å². The minimum absolute atomic E-state index is 0.0225. The highest BCUT2D eigenvalue weighted by atomic mass is 14.4. The summed E-state index contributed by atoms with van der Waals surface area (Å²) in [5, 5.41) is 7.86. The largest absolute Gasteiger partial charge is 0.0917 e. The van der Waals surface area contributed by atoms with Crippen LogP contribution in [0.4, 0.5) is 0 Å². The molecule has 0 radical (unpaired) electrons. The Hall–Kier alpha value is -4.68. The summed E-state index contributed by atoms with van der Waals surface area (Å²) < 4.78 is 0. The second kappa shape index (κ2) is 7.91. The zero-order valence-corrected chi connectivity index (χ0v) is 22.3. The van der Waals surface area contributed by atoms with Crippen molar-refractivity contribution in [1.82, 2.24) is 0 Å². The van der Waals surface area contributed by atoms with E-state index in [1.54, 1.807) is 0 Å². The van der Waals surface area contributed by atoms with E-state index in [2.05, 4.69) is 142 Å². The summed E-state index contributed by atoms with van der Waals surface area (Å²) in [6.45, 7) is 9.04. The van der Waals surface area contributed by atoms with E-state index >= 15 is 0 Å². The van der Waals surface area contributed by atoms with E-state index in [1.807, 2.05) is 0 Å². The maximum Gasteiger partial charge on any atom is 0.0159 e. The SMILES string of the molecule is C=C1C=CC(c2ccc3c(c2)C(C)(C)c2ccccc2-3)=CC(c2ccc3ccc4cccc5ccc2c3c45)=C1. The van der Waals surface area contributed by atoms with Gasteiger partial charge in [-0.1, -0.05) is 124 Å². The molecule has 0 amide bonds. The highest BCUT2D eigenvalue weighted by Gasteiger charge is 2.35. The van der Waals surface area contributed by atoms with Crippen molar-refractivity contribution in [2.24, 2.45) is 0 Å². The van der Waals surface area contributed by atoms with Gasteiger partial charge in [0.2, 0.25) is 0 Å². The molecular weight excluding hydrogens is 468 g/mol. The summed E-state index contributed by atoms with van der Waals surface area (Å²) in [4.78, 5) is 0. The normalized spacial score (nSPS) is 15.9. The van der Waals surface area contributed by atoms with Gasteiger partial charge in [0.1, 0.15) is 0 Å². The number of hydrogen-bond acceptors (Lipinski definition) is 0. The van der Waals surface area contributed by atoms with Crippen LogP contribution in [-0.4, -0.2) is 0 Å². The second-order valence-electron chi connectivity index (χ2n) is 11.5. The molecule has 0 bridgehead atoms. The summed E-state index contributed by atoms with van der Waals surface area (Å²) in [6, 6.07) is 36.0. The maximum atomic E-state index is 4.35. The topological polar surface area (TPSA) is 0 Å². The van der Waals surface area contributed by atoms with Gasteiger partial charge in [-0.15, -0.1) is 0 Å². The van der Waals surface area contributed by atoms with Crippen molar-refractivity contribution in [3.8, 4) is 11.1 Å². The van der Waals surface area contributed by atoms with Crippen LogP contribution in [0.3, 0.4) is 0 Å². The molecule has 6 aromatic rings. The van der Waals surface area contributed by atoms with Gasteiger partial charge in [-0.25, -0.2) is 0 Å². The molecule has 0 aliphatic heterocycles. The lowest BCUT2D eigenvalue weighted by Crippen LogP contribution is -2.15. The number of fused-ring (bicyclic) bond motifs is 3. The molecule has 0 saturated heterocycles. The molecule has 0 fully saturated rings. The lowest BCUT2D eigenvalue weighted by atomic mass is 9.81. The van der Waals surface area contributed by atoms with Crippen LogP contribution in [0.2, 0.25) is 0 Å². The minimum atomic E-state index is -0.0225. The first-order valence-corrected chi connectivity index (χ1v) is 13.7. The van der Waals surface area contributed by atoms with Crippen LogP contribution in [0, 0.1) is 0 Å². The molecule has 8 rings (SSSR count). The van der Waals surface area contributed by atoms with Gasteiger partial charge >= 0.3 is 0 Å². The summed E-state index contributed by atoms with van der Waals surface area (Å²) in [5.74, 6) is 0. The zero-order chi connectivity index (χ0) is 26.3. The first-order valence-electron chi connectivity index (χ1n) is 13.7. The standard InChI is InChI=1S/C39H28/c1-24-11-12-28(29-17-19-33-32-9-4-5-10-35(32)39(2,3)36(33)23-29)22-30(21-24)31-18-15-27-14-13-25-7-6-8-26-16-20-34(31)38(27)37(25)26/h4-23H,1H2,2-3H3. The number of hydrogen-bond donors (Lipinski definition) is 0. The van der Waals surface area contributed by atoms with Crippen LogP contribution < -0.4 is 0 Å². The predicted octanol–water partition coefficient (Wildman–Crippen LogP) is 10.5. The molecule has 39 heavy (non-hydrogen) atoms. The fourth-order valence-corrected chi connectivity index (χ4v) is 6.91. The average molecular weight is 497 g/mol. The predicted molar refractivity (Wildman–Crippen MR) is 168 cm³/mol. The van der Waals surface area contributed by atoms with E-state index in [0.717, 1.165) is 5.57 Å². The highest BCUT2D eigenvalue weighted by Crippen LogP contribution is 2.49. The van der Waals surface area contributed by atoms with Crippen LogP contribution in [0.1, 0.15) is 36.1 Å². The fraction of sp³-hybridized carbons (Fsp3) is 0.0769. The van der Waals surface area contributed by atoms with Crippen LogP contribution in [0.5, 0.6) is 0 Å². The Balaban J connectivity index is 1.31. The Labute approximate surface area is 229 Å². The van der Waals surface area contributed by atoms with Crippen LogP contribution in [0.15, 0.2) is 134 Å². The number of rotatable bonds is 2. The number of allylic oxidation sites excluding steroid dienone is 7. The molecule has 2 aliphatic carbocycles. The summed E-state index contributed by atoms with van der Waals surface area (Å²) in [6.07, 6.45) is 8.93. The Bertz CT molecular complexity index is 2080. The van der Waals surface area contributed by atoms with Gasteiger partial charge in [-0.3, -0.25) is 0 Å². The van der Waals surface area contributed by atoms with Crippen LogP contribution in [0.25, 0.3) is 54.6 Å². The average Bonchev–Trinajstić information content (AvgIpc) is 3.06. The quantitative estimate of drug-likeness (QED) is 0.209. The molecule has 0 unspecified atom stereocenters. The van der Waals surface area contributed by atoms with Crippen LogP contribution in [-0.2, 0) is 5.41 Å². The highest BCUT2D eigenvalue weighted by molar-refractivity contribution is 6.25. The van der Waals surface area contributed by atoms with Gasteiger partial charge in [0.25, 0.3) is 0 Å². The maximum absolute atomic E-state index is 4.35. The Morgan fingerprint density at radius 2 is 1.23 bits per heavy atom. The molecule has 0 heteroatoms. The summed E-state index contributed by atoms with van der Waals surface area (Å²) in [7, 11) is 0. The summed E-state index contributed by atoms with van der Waals surface area (Å²) >= 11 is 0. The molecule has 0 aromatic heterocycles. The Morgan fingerprint density at radius 1 is 0.538 bits per heavy atom. The third-order valence-electron chi connectivity index (χ3n) is 8.89. The van der Waals surface area contributed by atoms with Crippen molar-refractivity contribution in [3.05, 3.63) is 156 Å². The number of benzene rings is 6. The first kappa shape index (κ1) is 22.3. The van der Waals surface area contributed by atoms with Crippen molar-refractivity contribution in [3.63, 3.8) is 0 Å². The molecule has 0 heterocycles. The lowest BCUT2D eigenvalue weighted by molar-refractivity contribution is 0.660. The molecule has 0 nitrogen and oxygen atoms in total. The van der Waals surface area contributed by atoms with E-state index < -0.39 is 0 Å². The molecule has 0 atom stereocenters. The second-order valence-corrected chi connectivity index (χ2v) is 11.5. The van der Waals surface area contributed by atoms with Crippen molar-refractivity contribution < 1.29 is 0 Å². The van der Waals surface area contributed by atoms with E-state index in [4.69, 9.17) is 0 Å². The Kier molecular flexibility index (Phi) is 4.53. The third-order valence-corrected chi connectivity index (χ3v) is 8.89. The fourth-order valence-electron chi connectivity index (χ4n) is 6.91. The molecule has 0 saturated carbocycles. The molecule has 2 aliphatic rings. The first-order chi connectivity index (χ1) is 19.0. The minimum Gasteiger partial charge on any atom is -0.0917 e. The molecule has 0 spiro atoms. The smallest absolute Gasteiger partial charge is 0.0159 e. The summed E-state index contributed by atoms with van der Waals surface area (Å²) in [5.41, 5.74) is 11.4. The monoisotopic (exact) mass is 496 g/mol. The van der Waals surface area contributed by atoms with E-state index in [-0.39, 0.29) is 5.41 Å². The van der Waals surface area contributed by atoms with Crippen molar-refractivity contribution in [2.75, 3.05) is 0 Å². The molecule has 184 valence electrons. The van der Waals surface area contributed by atoms with Crippen molar-refractivity contribution >= 4 is 43.5 Å².